The van der Waals surface area contributed by atoms with E-state index in [0.717, 1.165) is 5.56 Å². The fourth-order valence-corrected chi connectivity index (χ4v) is 3.56. The number of nitrogens with two attached hydrogens (primary N) is 2. The molecular weight excluding hydrogens is 396 g/mol. The molecule has 9 nitrogen and oxygen atoms in total. The number of esters is 1. The molecule has 1 aromatic heterocycles. The first-order valence-corrected chi connectivity index (χ1v) is 10.4. The predicted molar refractivity (Wildman–Crippen MR) is 108 cm³/mol. The number of hydrogen-bond acceptors (Lipinski definition) is 7. The molecule has 0 aliphatic carbocycles. The van der Waals surface area contributed by atoms with Crippen molar-refractivity contribution in [3.8, 4) is 5.75 Å². The Kier molecular flexibility index (Phi) is 5.76. The van der Waals surface area contributed by atoms with Crippen LogP contribution in [-0.4, -0.2) is 37.7 Å². The molecule has 0 spiro atoms. The number of carbonyl (C=O) groups is 1. The molecule has 0 amide bonds. The number of primary sulfonamides is 1. The van der Waals surface area contributed by atoms with Gasteiger partial charge in [0.25, 0.3) is 0 Å². The van der Waals surface area contributed by atoms with E-state index in [0.29, 0.717) is 35.3 Å². The van der Waals surface area contributed by atoms with Crippen molar-refractivity contribution in [2.24, 2.45) is 5.14 Å². The monoisotopic (exact) mass is 418 g/mol. The first-order chi connectivity index (χ1) is 13.7. The summed E-state index contributed by atoms with van der Waals surface area (Å²) < 4.78 is 35.0. The molecular formula is C19H22N4O5S. The fourth-order valence-electron chi connectivity index (χ4n) is 3.05. The highest BCUT2D eigenvalue weighted by Gasteiger charge is 2.18. The van der Waals surface area contributed by atoms with Crippen molar-refractivity contribution in [1.29, 1.82) is 0 Å². The first-order valence-electron chi connectivity index (χ1n) is 8.87. The fraction of sp³-hybridized carbons (Fsp3) is 0.263. The van der Waals surface area contributed by atoms with E-state index < -0.39 is 16.0 Å². The second kappa shape index (κ2) is 8.10. The van der Waals surface area contributed by atoms with Crippen molar-refractivity contribution in [3.63, 3.8) is 0 Å². The third-order valence-corrected chi connectivity index (χ3v) is 5.37. The van der Waals surface area contributed by atoms with Crippen LogP contribution in [0.5, 0.6) is 5.75 Å². The van der Waals surface area contributed by atoms with Crippen molar-refractivity contribution in [2.75, 3.05) is 19.5 Å². The molecule has 10 heteroatoms. The topological polar surface area (TPSA) is 140 Å². The van der Waals surface area contributed by atoms with Crippen molar-refractivity contribution in [2.45, 2.75) is 24.8 Å². The predicted octanol–water partition coefficient (Wildman–Crippen LogP) is 1.69. The lowest BCUT2D eigenvalue weighted by Gasteiger charge is -2.11. The van der Waals surface area contributed by atoms with E-state index in [-0.39, 0.29) is 17.5 Å². The van der Waals surface area contributed by atoms with E-state index in [4.69, 9.17) is 20.3 Å². The van der Waals surface area contributed by atoms with Gasteiger partial charge in [0, 0.05) is 6.54 Å². The maximum Gasteiger partial charge on any atom is 0.338 e. The van der Waals surface area contributed by atoms with Gasteiger partial charge in [-0.25, -0.2) is 23.3 Å². The van der Waals surface area contributed by atoms with Gasteiger partial charge in [-0.05, 0) is 43.2 Å². The Bertz CT molecular complexity index is 1150. The van der Waals surface area contributed by atoms with Crippen LogP contribution in [-0.2, 0) is 27.7 Å². The largest absolute Gasteiger partial charge is 0.494 e. The van der Waals surface area contributed by atoms with Crippen LogP contribution in [0.3, 0.4) is 0 Å². The average Bonchev–Trinajstić information content (AvgIpc) is 3.00. The maximum absolute atomic E-state index is 12.1. The number of rotatable bonds is 7. The number of imidazole rings is 1. The summed E-state index contributed by atoms with van der Waals surface area (Å²) in [5, 5.41) is 5.12. The van der Waals surface area contributed by atoms with Crippen LogP contribution < -0.4 is 15.6 Å². The third-order valence-electron chi connectivity index (χ3n) is 4.44. The summed E-state index contributed by atoms with van der Waals surface area (Å²) >= 11 is 0. The summed E-state index contributed by atoms with van der Waals surface area (Å²) in [5.74, 6) is 0.274. The van der Waals surface area contributed by atoms with Crippen LogP contribution in [0.4, 0.5) is 5.95 Å². The molecule has 3 aromatic rings. The molecule has 2 aromatic carbocycles. The quantitative estimate of drug-likeness (QED) is 0.557. The molecule has 3 rings (SSSR count). The maximum atomic E-state index is 12.1. The van der Waals surface area contributed by atoms with Gasteiger partial charge in [-0.2, -0.15) is 0 Å². The van der Waals surface area contributed by atoms with E-state index in [2.05, 4.69) is 4.98 Å². The van der Waals surface area contributed by atoms with Crippen LogP contribution in [0.2, 0.25) is 0 Å². The number of nitrogen functional groups attached to an aromatic ring is 1. The molecule has 0 aliphatic heterocycles. The highest BCUT2D eigenvalue weighted by Crippen LogP contribution is 2.30. The van der Waals surface area contributed by atoms with Gasteiger partial charge >= 0.3 is 5.97 Å². The van der Waals surface area contributed by atoms with Crippen LogP contribution in [0.25, 0.3) is 11.0 Å². The zero-order valence-corrected chi connectivity index (χ0v) is 16.9. The van der Waals surface area contributed by atoms with Crippen LogP contribution in [0.15, 0.2) is 41.3 Å². The number of fused-ring (bicyclic) bond motifs is 1. The molecule has 0 radical (unpaired) electrons. The number of aromatic nitrogens is 2. The number of sulfonamides is 1. The van der Waals surface area contributed by atoms with Crippen LogP contribution in [0, 0.1) is 0 Å². The van der Waals surface area contributed by atoms with Gasteiger partial charge in [-0.15, -0.1) is 0 Å². The molecule has 0 unspecified atom stereocenters. The van der Waals surface area contributed by atoms with E-state index in [1.807, 2.05) is 0 Å². The van der Waals surface area contributed by atoms with Crippen LogP contribution >= 0.6 is 0 Å². The normalized spacial score (nSPS) is 11.6. The number of methoxy groups -OCH3 is 1. The Morgan fingerprint density at radius 2 is 1.90 bits per heavy atom. The van der Waals surface area contributed by atoms with Gasteiger partial charge in [0.15, 0.2) is 0 Å². The number of aryl methyl sites for hydroxylation is 2. The molecule has 0 saturated heterocycles. The minimum Gasteiger partial charge on any atom is -0.494 e. The van der Waals surface area contributed by atoms with Crippen LogP contribution in [0.1, 0.15) is 22.8 Å². The van der Waals surface area contributed by atoms with Crippen molar-refractivity contribution in [3.05, 3.63) is 47.5 Å². The molecule has 0 saturated carbocycles. The molecule has 154 valence electrons. The second-order valence-corrected chi connectivity index (χ2v) is 7.89. The average molecular weight is 418 g/mol. The lowest BCUT2D eigenvalue weighted by atomic mass is 10.1. The summed E-state index contributed by atoms with van der Waals surface area (Å²) in [6, 6.07) is 9.54. The molecule has 0 bridgehead atoms. The number of anilines is 1. The highest BCUT2D eigenvalue weighted by molar-refractivity contribution is 7.89. The number of carbonyl (C=O) groups excluding carboxylic acids is 1. The third kappa shape index (κ3) is 4.33. The molecule has 1 heterocycles. The summed E-state index contributed by atoms with van der Waals surface area (Å²) in [7, 11) is -2.22. The SMILES string of the molecule is CCOC(=O)c1cc(OC)c2c(c1)nc(N)n2CCc1ccc(S(N)(=O)=O)cc1. The van der Waals surface area contributed by atoms with Crippen molar-refractivity contribution < 1.29 is 22.7 Å². The summed E-state index contributed by atoms with van der Waals surface area (Å²) in [6.07, 6.45) is 0.573. The molecule has 29 heavy (non-hydrogen) atoms. The number of nitrogens with zero attached hydrogens (tertiary/aromatic N) is 2. The van der Waals surface area contributed by atoms with E-state index in [1.54, 1.807) is 35.8 Å². The summed E-state index contributed by atoms with van der Waals surface area (Å²) in [5.41, 5.74) is 8.52. The second-order valence-electron chi connectivity index (χ2n) is 6.33. The van der Waals surface area contributed by atoms with Gasteiger partial charge in [-0.1, -0.05) is 12.1 Å². The van der Waals surface area contributed by atoms with E-state index in [9.17, 15) is 13.2 Å². The minimum atomic E-state index is -3.73. The summed E-state index contributed by atoms with van der Waals surface area (Å²) in [4.78, 5) is 16.5. The standard InChI is InChI=1S/C19H22N4O5S/c1-3-28-18(24)13-10-15-17(16(11-13)27-2)23(19(20)22-15)9-8-12-4-6-14(7-5-12)29(21,25)26/h4-7,10-11H,3,8-9H2,1-2H3,(H2,20,22)(H2,21,25,26). The first kappa shape index (κ1) is 20.6. The Labute approximate surface area is 168 Å². The Balaban J connectivity index is 1.91. The van der Waals surface area contributed by atoms with Crippen molar-refractivity contribution in [1.82, 2.24) is 9.55 Å². The minimum absolute atomic E-state index is 0.0574. The van der Waals surface area contributed by atoms with Gasteiger partial charge < -0.3 is 19.8 Å². The van der Waals surface area contributed by atoms with Gasteiger partial charge in [0.05, 0.1) is 29.7 Å². The number of benzene rings is 2. The van der Waals surface area contributed by atoms with Crippen molar-refractivity contribution >= 4 is 33.0 Å². The Morgan fingerprint density at radius 3 is 2.48 bits per heavy atom. The van der Waals surface area contributed by atoms with E-state index >= 15 is 0 Å². The zero-order valence-electron chi connectivity index (χ0n) is 16.1. The Morgan fingerprint density at radius 1 is 1.21 bits per heavy atom. The highest BCUT2D eigenvalue weighted by atomic mass is 32.2. The van der Waals surface area contributed by atoms with Gasteiger partial charge in [0.2, 0.25) is 16.0 Å². The lowest BCUT2D eigenvalue weighted by Crippen LogP contribution is -2.12. The smallest absolute Gasteiger partial charge is 0.338 e. The van der Waals surface area contributed by atoms with Gasteiger partial charge in [-0.3, -0.25) is 0 Å². The molecule has 0 aliphatic rings. The lowest BCUT2D eigenvalue weighted by molar-refractivity contribution is 0.0526. The molecule has 0 fully saturated rings. The molecule has 0 atom stereocenters. The number of hydrogen-bond donors (Lipinski definition) is 2. The van der Waals surface area contributed by atoms with E-state index in [1.165, 1.54) is 19.2 Å². The zero-order chi connectivity index (χ0) is 21.2. The van der Waals surface area contributed by atoms with Gasteiger partial charge in [0.1, 0.15) is 11.3 Å². The Hall–Kier alpha value is -3.11. The summed E-state index contributed by atoms with van der Waals surface area (Å²) in [6.45, 7) is 2.47. The molecule has 4 N–H and O–H groups in total. The number of ether oxygens (including phenoxy) is 2.